The summed E-state index contributed by atoms with van der Waals surface area (Å²) >= 11 is 0. The summed E-state index contributed by atoms with van der Waals surface area (Å²) < 4.78 is 5.49. The third-order valence-electron chi connectivity index (χ3n) is 2.66. The van der Waals surface area contributed by atoms with Crippen LogP contribution >= 0.6 is 0 Å². The topological polar surface area (TPSA) is 35.2 Å². The summed E-state index contributed by atoms with van der Waals surface area (Å²) in [4.78, 5) is 0. The van der Waals surface area contributed by atoms with Crippen molar-refractivity contribution in [2.45, 2.75) is 25.4 Å². The van der Waals surface area contributed by atoms with Gasteiger partial charge in [0, 0.05) is 6.54 Å². The summed E-state index contributed by atoms with van der Waals surface area (Å²) in [6, 6.07) is 0. The third kappa shape index (κ3) is 1.18. The van der Waals surface area contributed by atoms with Crippen molar-refractivity contribution < 1.29 is 4.74 Å². The largest absolute Gasteiger partial charge is 0.377 e. The lowest BCUT2D eigenvalue weighted by atomic mass is 10.0. The van der Waals surface area contributed by atoms with Gasteiger partial charge in [0.2, 0.25) is 0 Å². The van der Waals surface area contributed by atoms with Crippen molar-refractivity contribution in [2.75, 3.05) is 13.2 Å². The van der Waals surface area contributed by atoms with Gasteiger partial charge < -0.3 is 10.5 Å². The van der Waals surface area contributed by atoms with Crippen molar-refractivity contribution >= 4 is 0 Å². The lowest BCUT2D eigenvalue weighted by Crippen LogP contribution is -2.18. The molecule has 2 heteroatoms. The fourth-order valence-corrected chi connectivity index (χ4v) is 1.79. The molecule has 0 unspecified atom stereocenters. The van der Waals surface area contributed by atoms with Gasteiger partial charge >= 0.3 is 0 Å². The standard InChI is InChI=1S/C8H15NO/c9-4-8-3-7(5-10-8)6-1-2-6/h6-8H,1-5,9H2/t7-,8+/m1/s1. The first-order valence-corrected chi connectivity index (χ1v) is 4.22. The molecule has 1 heterocycles. The molecule has 1 saturated carbocycles. The molecule has 1 aliphatic carbocycles. The molecular formula is C8H15NO. The van der Waals surface area contributed by atoms with Crippen LogP contribution in [0.15, 0.2) is 0 Å². The highest BCUT2D eigenvalue weighted by molar-refractivity contribution is 4.86. The van der Waals surface area contributed by atoms with E-state index in [1.807, 2.05) is 0 Å². The minimum atomic E-state index is 0.380. The normalized spacial score (nSPS) is 40.5. The van der Waals surface area contributed by atoms with Crippen LogP contribution in [0.4, 0.5) is 0 Å². The van der Waals surface area contributed by atoms with E-state index in [-0.39, 0.29) is 0 Å². The number of nitrogens with two attached hydrogens (primary N) is 1. The molecule has 2 rings (SSSR count). The van der Waals surface area contributed by atoms with Gasteiger partial charge in [-0.05, 0) is 31.1 Å². The molecule has 1 saturated heterocycles. The van der Waals surface area contributed by atoms with E-state index in [0.29, 0.717) is 12.6 Å². The highest BCUT2D eigenvalue weighted by Gasteiger charge is 2.36. The predicted molar refractivity (Wildman–Crippen MR) is 39.6 cm³/mol. The highest BCUT2D eigenvalue weighted by atomic mass is 16.5. The zero-order chi connectivity index (χ0) is 6.97. The maximum atomic E-state index is 5.49. The van der Waals surface area contributed by atoms with Gasteiger partial charge in [-0.25, -0.2) is 0 Å². The number of rotatable bonds is 2. The average molecular weight is 141 g/mol. The molecular weight excluding hydrogens is 126 g/mol. The molecule has 1 aliphatic heterocycles. The second-order valence-electron chi connectivity index (χ2n) is 3.52. The maximum Gasteiger partial charge on any atom is 0.0701 e. The van der Waals surface area contributed by atoms with E-state index in [4.69, 9.17) is 10.5 Å². The Morgan fingerprint density at radius 1 is 1.30 bits per heavy atom. The molecule has 2 nitrogen and oxygen atoms in total. The first-order chi connectivity index (χ1) is 4.90. The monoisotopic (exact) mass is 141 g/mol. The van der Waals surface area contributed by atoms with Gasteiger partial charge in [-0.1, -0.05) is 0 Å². The van der Waals surface area contributed by atoms with Crippen LogP contribution in [0.2, 0.25) is 0 Å². The molecule has 0 aromatic carbocycles. The molecule has 58 valence electrons. The van der Waals surface area contributed by atoms with E-state index in [1.54, 1.807) is 0 Å². The van der Waals surface area contributed by atoms with Crippen molar-refractivity contribution in [2.24, 2.45) is 17.6 Å². The van der Waals surface area contributed by atoms with Crippen molar-refractivity contribution in [3.63, 3.8) is 0 Å². The Bertz CT molecular complexity index is 122. The van der Waals surface area contributed by atoms with Crippen LogP contribution in [0.5, 0.6) is 0 Å². The first kappa shape index (κ1) is 6.62. The van der Waals surface area contributed by atoms with Crippen molar-refractivity contribution in [3.05, 3.63) is 0 Å². The fourth-order valence-electron chi connectivity index (χ4n) is 1.79. The molecule has 2 N–H and O–H groups in total. The van der Waals surface area contributed by atoms with Crippen molar-refractivity contribution in [1.29, 1.82) is 0 Å². The molecule has 10 heavy (non-hydrogen) atoms. The van der Waals surface area contributed by atoms with Crippen LogP contribution in [0.1, 0.15) is 19.3 Å². The molecule has 2 fully saturated rings. The lowest BCUT2D eigenvalue weighted by molar-refractivity contribution is 0.111. The summed E-state index contributed by atoms with van der Waals surface area (Å²) in [6.07, 6.45) is 4.48. The van der Waals surface area contributed by atoms with Gasteiger partial charge in [0.05, 0.1) is 12.7 Å². The minimum Gasteiger partial charge on any atom is -0.377 e. The summed E-state index contributed by atoms with van der Waals surface area (Å²) in [5.41, 5.74) is 5.49. The Kier molecular flexibility index (Phi) is 1.66. The van der Waals surface area contributed by atoms with E-state index in [2.05, 4.69) is 0 Å². The lowest BCUT2D eigenvalue weighted by Gasteiger charge is -2.03. The smallest absolute Gasteiger partial charge is 0.0701 e. The van der Waals surface area contributed by atoms with E-state index in [9.17, 15) is 0 Å². The zero-order valence-electron chi connectivity index (χ0n) is 6.25. The van der Waals surface area contributed by atoms with Gasteiger partial charge in [0.25, 0.3) is 0 Å². The summed E-state index contributed by atoms with van der Waals surface area (Å²) in [7, 11) is 0. The molecule has 0 bridgehead atoms. The zero-order valence-corrected chi connectivity index (χ0v) is 6.25. The predicted octanol–water partition coefficient (Wildman–Crippen LogP) is 0.760. The maximum absolute atomic E-state index is 5.49. The van der Waals surface area contributed by atoms with Gasteiger partial charge in [-0.2, -0.15) is 0 Å². The number of hydrogen-bond donors (Lipinski definition) is 1. The molecule has 0 amide bonds. The molecule has 0 aromatic heterocycles. The van der Waals surface area contributed by atoms with Crippen LogP contribution in [0.25, 0.3) is 0 Å². The van der Waals surface area contributed by atoms with Crippen molar-refractivity contribution in [1.82, 2.24) is 0 Å². The number of ether oxygens (including phenoxy) is 1. The second kappa shape index (κ2) is 2.51. The van der Waals surface area contributed by atoms with Crippen LogP contribution in [0.3, 0.4) is 0 Å². The Labute approximate surface area is 61.7 Å². The van der Waals surface area contributed by atoms with Gasteiger partial charge in [-0.15, -0.1) is 0 Å². The number of hydrogen-bond acceptors (Lipinski definition) is 2. The average Bonchev–Trinajstić information content (AvgIpc) is 2.70. The SMILES string of the molecule is NC[C@@H]1C[C@@H](C2CC2)CO1. The van der Waals surface area contributed by atoms with Gasteiger partial charge in [0.1, 0.15) is 0 Å². The van der Waals surface area contributed by atoms with Gasteiger partial charge in [0.15, 0.2) is 0 Å². The quantitative estimate of drug-likeness (QED) is 0.616. The van der Waals surface area contributed by atoms with Crippen LogP contribution < -0.4 is 5.73 Å². The summed E-state index contributed by atoms with van der Waals surface area (Å²) in [5.74, 6) is 1.85. The highest BCUT2D eigenvalue weighted by Crippen LogP contribution is 2.41. The minimum absolute atomic E-state index is 0.380. The molecule has 2 aliphatic rings. The second-order valence-corrected chi connectivity index (χ2v) is 3.52. The van der Waals surface area contributed by atoms with E-state index >= 15 is 0 Å². The molecule has 2 atom stereocenters. The Hall–Kier alpha value is -0.0800. The van der Waals surface area contributed by atoms with E-state index < -0.39 is 0 Å². The first-order valence-electron chi connectivity index (χ1n) is 4.22. The van der Waals surface area contributed by atoms with E-state index in [1.165, 1.54) is 19.3 Å². The molecule has 0 spiro atoms. The summed E-state index contributed by atoms with van der Waals surface area (Å²) in [5, 5.41) is 0. The Balaban J connectivity index is 1.81. The van der Waals surface area contributed by atoms with E-state index in [0.717, 1.165) is 18.4 Å². The molecule has 0 aromatic rings. The Morgan fingerprint density at radius 3 is 2.60 bits per heavy atom. The third-order valence-corrected chi connectivity index (χ3v) is 2.66. The van der Waals surface area contributed by atoms with Crippen LogP contribution in [-0.2, 0) is 4.74 Å². The van der Waals surface area contributed by atoms with Gasteiger partial charge in [-0.3, -0.25) is 0 Å². The fraction of sp³-hybridized carbons (Fsp3) is 1.00. The van der Waals surface area contributed by atoms with Crippen LogP contribution in [-0.4, -0.2) is 19.3 Å². The van der Waals surface area contributed by atoms with Crippen LogP contribution in [0, 0.1) is 11.8 Å². The summed E-state index contributed by atoms with van der Waals surface area (Å²) in [6.45, 7) is 1.69. The molecule has 0 radical (unpaired) electrons. The Morgan fingerprint density at radius 2 is 2.10 bits per heavy atom. The van der Waals surface area contributed by atoms with Crippen molar-refractivity contribution in [3.8, 4) is 0 Å².